The Morgan fingerprint density at radius 1 is 1.11 bits per heavy atom. The van der Waals surface area contributed by atoms with Crippen LogP contribution in [0.5, 0.6) is 0 Å². The fourth-order valence-corrected chi connectivity index (χ4v) is 5.48. The topological polar surface area (TPSA) is 49.8 Å². The molecule has 0 aromatic heterocycles. The Balaban J connectivity index is 1.37. The highest BCUT2D eigenvalue weighted by molar-refractivity contribution is 5.79. The van der Waals surface area contributed by atoms with E-state index in [-0.39, 0.29) is 18.6 Å². The lowest BCUT2D eigenvalue weighted by Crippen LogP contribution is -2.50. The number of hydrogen-bond acceptors (Lipinski definition) is 3. The summed E-state index contributed by atoms with van der Waals surface area (Å²) < 4.78 is 5.83. The predicted octanol–water partition coefficient (Wildman–Crippen LogP) is 4.17. The summed E-state index contributed by atoms with van der Waals surface area (Å²) in [6.45, 7) is 1.10. The minimum Gasteiger partial charge on any atom is -0.448 e. The normalized spacial score (nSPS) is 26.0. The van der Waals surface area contributed by atoms with Crippen molar-refractivity contribution in [3.8, 4) is 11.1 Å². The molecule has 2 bridgehead atoms. The van der Waals surface area contributed by atoms with Crippen LogP contribution in [-0.4, -0.2) is 41.4 Å². The fourth-order valence-electron chi connectivity index (χ4n) is 5.48. The number of aliphatic hydroxyl groups excluding tert-OH is 1. The maximum atomic E-state index is 12.9. The van der Waals surface area contributed by atoms with Crippen LogP contribution in [0.4, 0.5) is 4.79 Å². The van der Waals surface area contributed by atoms with Gasteiger partial charge in [0.25, 0.3) is 0 Å². The second kappa shape index (κ2) is 6.38. The maximum absolute atomic E-state index is 12.9. The molecule has 5 rings (SSSR count). The number of rotatable bonds is 3. The average Bonchev–Trinajstić information content (AvgIpc) is 3.18. The predicted molar refractivity (Wildman–Crippen MR) is 104 cm³/mol. The second-order valence-corrected chi connectivity index (χ2v) is 8.26. The summed E-state index contributed by atoms with van der Waals surface area (Å²) in [7, 11) is 0. The monoisotopic (exact) mass is 363 g/mol. The molecule has 1 aliphatic heterocycles. The molecular formula is C23H25NO3. The smallest absolute Gasteiger partial charge is 0.410 e. The standard InChI is InChI=1S/C23H25NO3/c25-15-23-11-5-6-16(12-23)13-24(23)22(26)27-14-21-19-9-3-1-7-17(19)18-8-2-4-10-20(18)21/h1-4,7-10,16,21,25H,5-6,11-15H2. The molecule has 2 aliphatic carbocycles. The first-order chi connectivity index (χ1) is 13.2. The zero-order valence-corrected chi connectivity index (χ0v) is 15.4. The molecule has 1 amide bonds. The third-order valence-corrected chi connectivity index (χ3v) is 6.79. The van der Waals surface area contributed by atoms with Crippen LogP contribution >= 0.6 is 0 Å². The number of fused-ring (bicyclic) bond motifs is 5. The molecule has 1 saturated carbocycles. The summed E-state index contributed by atoms with van der Waals surface area (Å²) in [5, 5.41) is 9.98. The molecule has 1 saturated heterocycles. The highest BCUT2D eigenvalue weighted by atomic mass is 16.6. The molecule has 0 spiro atoms. The minimum absolute atomic E-state index is 0.0354. The van der Waals surface area contributed by atoms with Gasteiger partial charge < -0.3 is 9.84 Å². The molecule has 3 aliphatic rings. The van der Waals surface area contributed by atoms with E-state index < -0.39 is 5.54 Å². The van der Waals surface area contributed by atoms with Crippen LogP contribution < -0.4 is 0 Å². The van der Waals surface area contributed by atoms with Crippen LogP contribution in [0.25, 0.3) is 11.1 Å². The number of carbonyl (C=O) groups is 1. The van der Waals surface area contributed by atoms with Crippen molar-refractivity contribution in [3.05, 3.63) is 59.7 Å². The van der Waals surface area contributed by atoms with E-state index in [2.05, 4.69) is 36.4 Å². The first kappa shape index (κ1) is 16.8. The van der Waals surface area contributed by atoms with Gasteiger partial charge in [0.05, 0.1) is 12.1 Å². The Bertz CT molecular complexity index is 834. The highest BCUT2D eigenvalue weighted by Crippen LogP contribution is 2.46. The van der Waals surface area contributed by atoms with Gasteiger partial charge in [0, 0.05) is 12.5 Å². The number of likely N-dealkylation sites (tertiary alicyclic amines) is 1. The third-order valence-electron chi connectivity index (χ3n) is 6.79. The summed E-state index contributed by atoms with van der Waals surface area (Å²) in [6.07, 6.45) is 3.75. The van der Waals surface area contributed by atoms with Gasteiger partial charge in [-0.25, -0.2) is 4.79 Å². The number of amides is 1. The summed E-state index contributed by atoms with van der Waals surface area (Å²) in [4.78, 5) is 14.7. The van der Waals surface area contributed by atoms with E-state index in [9.17, 15) is 9.90 Å². The molecule has 2 fully saturated rings. The fraction of sp³-hybridized carbons (Fsp3) is 0.435. The van der Waals surface area contributed by atoms with Crippen LogP contribution in [-0.2, 0) is 4.74 Å². The van der Waals surface area contributed by atoms with Gasteiger partial charge in [-0.05, 0) is 47.4 Å². The number of nitrogens with zero attached hydrogens (tertiary/aromatic N) is 1. The summed E-state index contributed by atoms with van der Waals surface area (Å²) >= 11 is 0. The summed E-state index contributed by atoms with van der Waals surface area (Å²) in [5.74, 6) is 0.583. The lowest BCUT2D eigenvalue weighted by molar-refractivity contribution is 0.0332. The van der Waals surface area contributed by atoms with Crippen molar-refractivity contribution in [2.45, 2.75) is 37.1 Å². The zero-order valence-electron chi connectivity index (χ0n) is 15.4. The molecule has 1 heterocycles. The molecule has 27 heavy (non-hydrogen) atoms. The quantitative estimate of drug-likeness (QED) is 0.890. The molecule has 4 heteroatoms. The third kappa shape index (κ3) is 2.58. The first-order valence-corrected chi connectivity index (χ1v) is 9.95. The van der Waals surface area contributed by atoms with Crippen molar-refractivity contribution in [1.29, 1.82) is 0 Å². The number of aliphatic hydroxyl groups is 1. The molecule has 1 N–H and O–H groups in total. The largest absolute Gasteiger partial charge is 0.448 e. The van der Waals surface area contributed by atoms with Crippen LogP contribution in [0, 0.1) is 5.92 Å². The lowest BCUT2D eigenvalue weighted by Gasteiger charge is -2.37. The molecule has 2 aromatic carbocycles. The minimum atomic E-state index is -0.397. The second-order valence-electron chi connectivity index (χ2n) is 8.26. The van der Waals surface area contributed by atoms with E-state index in [1.54, 1.807) is 0 Å². The van der Waals surface area contributed by atoms with Gasteiger partial charge in [-0.1, -0.05) is 55.0 Å². The van der Waals surface area contributed by atoms with E-state index in [1.165, 1.54) is 22.3 Å². The van der Waals surface area contributed by atoms with Gasteiger partial charge in [-0.15, -0.1) is 0 Å². The zero-order chi connectivity index (χ0) is 18.4. The van der Waals surface area contributed by atoms with E-state index in [0.29, 0.717) is 12.5 Å². The van der Waals surface area contributed by atoms with Crippen molar-refractivity contribution in [2.75, 3.05) is 19.8 Å². The summed E-state index contributed by atoms with van der Waals surface area (Å²) in [5.41, 5.74) is 4.52. The molecule has 2 unspecified atom stereocenters. The van der Waals surface area contributed by atoms with Crippen molar-refractivity contribution < 1.29 is 14.6 Å². The maximum Gasteiger partial charge on any atom is 0.410 e. The van der Waals surface area contributed by atoms with Crippen molar-refractivity contribution in [1.82, 2.24) is 4.90 Å². The van der Waals surface area contributed by atoms with Crippen molar-refractivity contribution in [3.63, 3.8) is 0 Å². The van der Waals surface area contributed by atoms with E-state index in [0.717, 1.165) is 32.2 Å². The molecule has 2 atom stereocenters. The Labute approximate surface area is 159 Å². The van der Waals surface area contributed by atoms with Crippen LogP contribution in [0.2, 0.25) is 0 Å². The highest BCUT2D eigenvalue weighted by Gasteiger charge is 2.50. The van der Waals surface area contributed by atoms with Crippen LogP contribution in [0.15, 0.2) is 48.5 Å². The van der Waals surface area contributed by atoms with Gasteiger partial charge in [0.2, 0.25) is 0 Å². The Morgan fingerprint density at radius 2 is 1.78 bits per heavy atom. The Hall–Kier alpha value is -2.33. The molecule has 2 aromatic rings. The first-order valence-electron chi connectivity index (χ1n) is 9.95. The lowest BCUT2D eigenvalue weighted by atomic mass is 9.80. The molecule has 4 nitrogen and oxygen atoms in total. The number of ether oxygens (including phenoxy) is 1. The van der Waals surface area contributed by atoms with Crippen LogP contribution in [0.1, 0.15) is 42.7 Å². The molecular weight excluding hydrogens is 338 g/mol. The van der Waals surface area contributed by atoms with E-state index >= 15 is 0 Å². The van der Waals surface area contributed by atoms with Gasteiger partial charge in [-0.3, -0.25) is 4.90 Å². The SMILES string of the molecule is O=C(OCC1c2ccccc2-c2ccccc21)N1CC2CCCC1(CO)C2. The van der Waals surface area contributed by atoms with Gasteiger partial charge in [0.1, 0.15) is 6.61 Å². The van der Waals surface area contributed by atoms with Crippen molar-refractivity contribution >= 4 is 6.09 Å². The van der Waals surface area contributed by atoms with Gasteiger partial charge in [-0.2, -0.15) is 0 Å². The molecule has 0 radical (unpaired) electrons. The Kier molecular flexibility index (Phi) is 3.97. The van der Waals surface area contributed by atoms with Gasteiger partial charge >= 0.3 is 6.09 Å². The van der Waals surface area contributed by atoms with Crippen LogP contribution in [0.3, 0.4) is 0 Å². The summed E-state index contributed by atoms with van der Waals surface area (Å²) in [6, 6.07) is 16.7. The van der Waals surface area contributed by atoms with Gasteiger partial charge in [0.15, 0.2) is 0 Å². The average molecular weight is 363 g/mol. The number of carbonyl (C=O) groups excluding carboxylic acids is 1. The number of hydrogen-bond donors (Lipinski definition) is 1. The number of benzene rings is 2. The Morgan fingerprint density at radius 3 is 2.44 bits per heavy atom. The van der Waals surface area contributed by atoms with Crippen molar-refractivity contribution in [2.24, 2.45) is 5.92 Å². The van der Waals surface area contributed by atoms with E-state index in [4.69, 9.17) is 4.74 Å². The molecule has 140 valence electrons. The van der Waals surface area contributed by atoms with E-state index in [1.807, 2.05) is 17.0 Å².